The lowest BCUT2D eigenvalue weighted by Crippen LogP contribution is -2.41. The lowest BCUT2D eigenvalue weighted by Gasteiger charge is -2.26. The van der Waals surface area contributed by atoms with Gasteiger partial charge in [-0.05, 0) is 44.7 Å². The zero-order valence-electron chi connectivity index (χ0n) is 17.0. The molecule has 1 heterocycles. The van der Waals surface area contributed by atoms with E-state index in [9.17, 15) is 17.4 Å². The van der Waals surface area contributed by atoms with E-state index in [1.807, 2.05) is 38.3 Å². The van der Waals surface area contributed by atoms with Crippen LogP contribution < -0.4 is 4.72 Å². The Balaban J connectivity index is 2.64. The highest BCUT2D eigenvalue weighted by molar-refractivity contribution is 7.84. The van der Waals surface area contributed by atoms with Crippen molar-refractivity contribution in [1.82, 2.24) is 9.29 Å². The van der Waals surface area contributed by atoms with Crippen LogP contribution in [0.15, 0.2) is 24.4 Å². The lowest BCUT2D eigenvalue weighted by atomic mass is 9.97. The SMILES string of the molecule is Cc1ccc2c([C@H](N[S@@](=O)C(C)(C)C)C(F)(F)F)cn(CC(C)(C)C)c2c1. The highest BCUT2D eigenvalue weighted by atomic mass is 32.2. The van der Waals surface area contributed by atoms with Crippen LogP contribution >= 0.6 is 0 Å². The summed E-state index contributed by atoms with van der Waals surface area (Å²) in [6.07, 6.45) is -3.01. The standard InChI is InChI=1S/C20H29F3N2OS/c1-13-8-9-14-15(11-25(16(14)10-13)12-18(2,3)4)17(20(21,22)23)24-27(26)19(5,6)7/h8-11,17,24H,12H2,1-7H3/t17-,27-/m0/s1. The topological polar surface area (TPSA) is 34.0 Å². The van der Waals surface area contributed by atoms with Crippen molar-refractivity contribution in [3.63, 3.8) is 0 Å². The quantitative estimate of drug-likeness (QED) is 0.704. The molecule has 0 saturated heterocycles. The molecule has 152 valence electrons. The maximum atomic E-state index is 13.9. The molecule has 0 unspecified atom stereocenters. The van der Waals surface area contributed by atoms with E-state index in [4.69, 9.17) is 0 Å². The predicted octanol–water partition coefficient (Wildman–Crippen LogP) is 5.65. The van der Waals surface area contributed by atoms with Crippen molar-refractivity contribution in [1.29, 1.82) is 0 Å². The van der Waals surface area contributed by atoms with Gasteiger partial charge < -0.3 is 4.57 Å². The van der Waals surface area contributed by atoms with Gasteiger partial charge in [-0.2, -0.15) is 13.2 Å². The third-order valence-electron chi connectivity index (χ3n) is 4.13. The molecule has 0 spiro atoms. The summed E-state index contributed by atoms with van der Waals surface area (Å²) in [5, 5.41) is 0.533. The van der Waals surface area contributed by atoms with Crippen molar-refractivity contribution in [3.8, 4) is 0 Å². The molecule has 0 fully saturated rings. The number of halogens is 3. The van der Waals surface area contributed by atoms with Crippen molar-refractivity contribution in [2.75, 3.05) is 0 Å². The number of rotatable bonds is 4. The molecular formula is C20H29F3N2OS. The van der Waals surface area contributed by atoms with Crippen molar-refractivity contribution in [2.45, 2.75) is 72.0 Å². The first-order valence-electron chi connectivity index (χ1n) is 8.94. The molecule has 2 rings (SSSR count). The van der Waals surface area contributed by atoms with Crippen molar-refractivity contribution < 1.29 is 17.4 Å². The second kappa shape index (κ2) is 7.24. The summed E-state index contributed by atoms with van der Waals surface area (Å²) in [5.74, 6) is 0. The minimum absolute atomic E-state index is 0.0949. The summed E-state index contributed by atoms with van der Waals surface area (Å²) in [4.78, 5) is 0. The summed E-state index contributed by atoms with van der Waals surface area (Å²) >= 11 is 0. The molecule has 2 atom stereocenters. The van der Waals surface area contributed by atoms with Crippen LogP contribution in [0.3, 0.4) is 0 Å². The van der Waals surface area contributed by atoms with Gasteiger partial charge in [0.05, 0.1) is 15.7 Å². The zero-order valence-corrected chi connectivity index (χ0v) is 17.8. The molecule has 0 saturated carbocycles. The number of aromatic nitrogens is 1. The lowest BCUT2D eigenvalue weighted by molar-refractivity contribution is -0.152. The molecule has 1 N–H and O–H groups in total. The first-order chi connectivity index (χ1) is 12.1. The van der Waals surface area contributed by atoms with Gasteiger partial charge in [-0.25, -0.2) is 8.93 Å². The molecule has 1 aromatic heterocycles. The third kappa shape index (κ3) is 5.35. The van der Waals surface area contributed by atoms with Crippen LogP contribution in [0.25, 0.3) is 10.9 Å². The van der Waals surface area contributed by atoms with Gasteiger partial charge >= 0.3 is 6.18 Å². The van der Waals surface area contributed by atoms with Gasteiger partial charge in [0.1, 0.15) is 6.04 Å². The Labute approximate surface area is 161 Å². The monoisotopic (exact) mass is 402 g/mol. The van der Waals surface area contributed by atoms with Gasteiger partial charge in [0.2, 0.25) is 0 Å². The fourth-order valence-electron chi connectivity index (χ4n) is 2.89. The van der Waals surface area contributed by atoms with Crippen molar-refractivity contribution in [2.24, 2.45) is 5.41 Å². The minimum Gasteiger partial charge on any atom is -0.347 e. The molecule has 0 aliphatic rings. The van der Waals surface area contributed by atoms with E-state index < -0.39 is 28.0 Å². The van der Waals surface area contributed by atoms with E-state index >= 15 is 0 Å². The summed E-state index contributed by atoms with van der Waals surface area (Å²) in [6.45, 7) is 13.6. The van der Waals surface area contributed by atoms with E-state index in [1.54, 1.807) is 39.1 Å². The van der Waals surface area contributed by atoms with E-state index in [0.717, 1.165) is 11.1 Å². The highest BCUT2D eigenvalue weighted by Crippen LogP contribution is 2.39. The van der Waals surface area contributed by atoms with Gasteiger partial charge in [-0.3, -0.25) is 0 Å². The van der Waals surface area contributed by atoms with Crippen LogP contribution in [0.2, 0.25) is 0 Å². The van der Waals surface area contributed by atoms with Crippen LogP contribution in [0.5, 0.6) is 0 Å². The summed E-state index contributed by atoms with van der Waals surface area (Å²) in [5.41, 5.74) is 1.76. The third-order valence-corrected chi connectivity index (χ3v) is 5.69. The molecule has 7 heteroatoms. The number of aryl methyl sites for hydroxylation is 1. The van der Waals surface area contributed by atoms with Gasteiger partial charge in [0.25, 0.3) is 0 Å². The van der Waals surface area contributed by atoms with Gasteiger partial charge in [-0.15, -0.1) is 0 Å². The average molecular weight is 403 g/mol. The van der Waals surface area contributed by atoms with Crippen LogP contribution in [0.4, 0.5) is 13.2 Å². The number of benzene rings is 1. The minimum atomic E-state index is -4.56. The molecule has 0 aliphatic carbocycles. The molecule has 0 bridgehead atoms. The number of nitrogens with one attached hydrogen (secondary N) is 1. The Hall–Kier alpha value is -1.34. The maximum Gasteiger partial charge on any atom is 0.408 e. The molecular weight excluding hydrogens is 373 g/mol. The Kier molecular flexibility index (Phi) is 5.89. The Morgan fingerprint density at radius 3 is 2.19 bits per heavy atom. The van der Waals surface area contributed by atoms with Gasteiger partial charge in [0.15, 0.2) is 0 Å². The molecule has 0 radical (unpaired) electrons. The Bertz CT molecular complexity index is 842. The summed E-state index contributed by atoms with van der Waals surface area (Å²) in [6, 6.07) is 3.43. The normalized spacial score (nSPS) is 15.9. The van der Waals surface area contributed by atoms with E-state index in [1.165, 1.54) is 0 Å². The Morgan fingerprint density at radius 1 is 1.11 bits per heavy atom. The number of alkyl halides is 3. The first kappa shape index (κ1) is 22.0. The summed E-state index contributed by atoms with van der Waals surface area (Å²) in [7, 11) is -1.85. The predicted molar refractivity (Wildman–Crippen MR) is 106 cm³/mol. The second-order valence-electron chi connectivity index (χ2n) is 9.27. The fraction of sp³-hybridized carbons (Fsp3) is 0.600. The Morgan fingerprint density at radius 2 is 1.70 bits per heavy atom. The number of nitrogens with zero attached hydrogens (tertiary/aromatic N) is 1. The first-order valence-corrected chi connectivity index (χ1v) is 10.1. The zero-order chi connectivity index (χ0) is 20.8. The molecule has 0 amide bonds. The van der Waals surface area contributed by atoms with E-state index in [2.05, 4.69) is 4.72 Å². The number of fused-ring (bicyclic) bond motifs is 1. The van der Waals surface area contributed by atoms with E-state index in [0.29, 0.717) is 11.9 Å². The van der Waals surface area contributed by atoms with Crippen LogP contribution in [0, 0.1) is 12.3 Å². The maximum absolute atomic E-state index is 13.9. The van der Waals surface area contributed by atoms with Crippen LogP contribution in [-0.4, -0.2) is 19.7 Å². The fourth-order valence-corrected chi connectivity index (χ4v) is 3.72. The van der Waals surface area contributed by atoms with Crippen molar-refractivity contribution in [3.05, 3.63) is 35.5 Å². The number of hydrogen-bond acceptors (Lipinski definition) is 1. The molecule has 3 nitrogen and oxygen atoms in total. The second-order valence-corrected chi connectivity index (χ2v) is 11.3. The van der Waals surface area contributed by atoms with Gasteiger partial charge in [0, 0.05) is 29.2 Å². The van der Waals surface area contributed by atoms with E-state index in [-0.39, 0.29) is 11.0 Å². The molecule has 2 aromatic rings. The number of hydrogen-bond donors (Lipinski definition) is 1. The van der Waals surface area contributed by atoms with Gasteiger partial charge in [-0.1, -0.05) is 32.9 Å². The smallest absolute Gasteiger partial charge is 0.347 e. The van der Waals surface area contributed by atoms with Crippen LogP contribution in [0.1, 0.15) is 58.7 Å². The molecule has 0 aliphatic heterocycles. The highest BCUT2D eigenvalue weighted by Gasteiger charge is 2.44. The average Bonchev–Trinajstić information content (AvgIpc) is 2.78. The molecule has 1 aromatic carbocycles. The van der Waals surface area contributed by atoms with Crippen LogP contribution in [-0.2, 0) is 17.5 Å². The molecule has 27 heavy (non-hydrogen) atoms. The summed E-state index contributed by atoms with van der Waals surface area (Å²) < 4.78 is 57.5. The largest absolute Gasteiger partial charge is 0.408 e. The van der Waals surface area contributed by atoms with Crippen molar-refractivity contribution >= 4 is 21.9 Å².